The predicted octanol–water partition coefficient (Wildman–Crippen LogP) is 0.888. The normalized spacial score (nSPS) is 16.7. The first kappa shape index (κ1) is 11.9. The van der Waals surface area contributed by atoms with Gasteiger partial charge in [0, 0.05) is 19.5 Å². The first-order chi connectivity index (χ1) is 9.33. The number of furan rings is 1. The van der Waals surface area contributed by atoms with Gasteiger partial charge in [0.05, 0.1) is 6.26 Å². The van der Waals surface area contributed by atoms with Crippen LogP contribution in [-0.2, 0) is 6.42 Å². The van der Waals surface area contributed by atoms with Crippen molar-refractivity contribution in [3.8, 4) is 0 Å². The average Bonchev–Trinajstić information content (AvgIpc) is 3.12. The molecule has 19 heavy (non-hydrogen) atoms. The third-order valence-corrected chi connectivity index (χ3v) is 3.49. The van der Waals surface area contributed by atoms with Gasteiger partial charge in [-0.15, -0.1) is 10.2 Å². The number of piperidine rings is 1. The van der Waals surface area contributed by atoms with Crippen LogP contribution in [0.3, 0.4) is 0 Å². The molecule has 0 spiro atoms. The fourth-order valence-electron chi connectivity index (χ4n) is 2.42. The Kier molecular flexibility index (Phi) is 3.26. The first-order valence-corrected chi connectivity index (χ1v) is 6.38. The summed E-state index contributed by atoms with van der Waals surface area (Å²) in [4.78, 5) is 13.9. The molecule has 2 aromatic rings. The number of nitrogens with zero attached hydrogens (tertiary/aromatic N) is 4. The third kappa shape index (κ3) is 2.64. The third-order valence-electron chi connectivity index (χ3n) is 3.49. The van der Waals surface area contributed by atoms with Crippen LogP contribution in [0.4, 0.5) is 0 Å². The van der Waals surface area contributed by atoms with Gasteiger partial charge in [0.25, 0.3) is 5.91 Å². The lowest BCUT2D eigenvalue weighted by Gasteiger charge is -2.30. The van der Waals surface area contributed by atoms with Crippen molar-refractivity contribution < 1.29 is 9.21 Å². The first-order valence-electron chi connectivity index (χ1n) is 6.38. The highest BCUT2D eigenvalue weighted by Gasteiger charge is 2.25. The van der Waals surface area contributed by atoms with E-state index in [0.29, 0.717) is 11.7 Å². The second-order valence-electron chi connectivity index (χ2n) is 4.75. The van der Waals surface area contributed by atoms with Crippen LogP contribution in [0.2, 0.25) is 0 Å². The monoisotopic (exact) mass is 261 g/mol. The van der Waals surface area contributed by atoms with Crippen molar-refractivity contribution in [3.63, 3.8) is 0 Å². The standard InChI is InChI=1S/C12H15N5O2/c18-12(10-2-1-7-19-10)17-5-3-9(4-6-17)8-11-13-15-16-14-11/h1-2,7,9H,3-6,8H2,(H,13,14,15,16). The molecule has 1 aliphatic heterocycles. The number of amides is 1. The summed E-state index contributed by atoms with van der Waals surface area (Å²) in [5.41, 5.74) is 0. The summed E-state index contributed by atoms with van der Waals surface area (Å²) in [5.74, 6) is 1.65. The van der Waals surface area contributed by atoms with Gasteiger partial charge in [0.2, 0.25) is 0 Å². The summed E-state index contributed by atoms with van der Waals surface area (Å²) < 4.78 is 5.14. The number of carbonyl (C=O) groups is 1. The van der Waals surface area contributed by atoms with E-state index in [9.17, 15) is 4.79 Å². The van der Waals surface area contributed by atoms with Gasteiger partial charge in [-0.05, 0) is 30.9 Å². The Morgan fingerprint density at radius 2 is 2.32 bits per heavy atom. The Hall–Kier alpha value is -2.18. The average molecular weight is 261 g/mol. The molecule has 2 aromatic heterocycles. The van der Waals surface area contributed by atoms with E-state index >= 15 is 0 Å². The topological polar surface area (TPSA) is 87.9 Å². The van der Waals surface area contributed by atoms with E-state index in [1.807, 2.05) is 4.90 Å². The molecule has 0 aliphatic carbocycles. The number of nitrogens with one attached hydrogen (secondary N) is 1. The van der Waals surface area contributed by atoms with Crippen molar-refractivity contribution in [3.05, 3.63) is 30.0 Å². The molecule has 1 aliphatic rings. The molecule has 1 saturated heterocycles. The van der Waals surface area contributed by atoms with Crippen LogP contribution in [0, 0.1) is 5.92 Å². The van der Waals surface area contributed by atoms with E-state index in [4.69, 9.17) is 4.42 Å². The van der Waals surface area contributed by atoms with Gasteiger partial charge < -0.3 is 9.32 Å². The minimum Gasteiger partial charge on any atom is -0.459 e. The number of likely N-dealkylation sites (tertiary alicyclic amines) is 1. The van der Waals surface area contributed by atoms with Crippen molar-refractivity contribution >= 4 is 5.91 Å². The molecular formula is C12H15N5O2. The van der Waals surface area contributed by atoms with Crippen molar-refractivity contribution in [1.29, 1.82) is 0 Å². The molecule has 7 nitrogen and oxygen atoms in total. The molecule has 100 valence electrons. The molecule has 1 fully saturated rings. The van der Waals surface area contributed by atoms with Gasteiger partial charge in [0.1, 0.15) is 0 Å². The fourth-order valence-corrected chi connectivity index (χ4v) is 2.42. The minimum absolute atomic E-state index is 0.0250. The van der Waals surface area contributed by atoms with Crippen LogP contribution in [0.25, 0.3) is 0 Å². The molecule has 0 atom stereocenters. The highest BCUT2D eigenvalue weighted by molar-refractivity contribution is 5.91. The number of carbonyl (C=O) groups excluding carboxylic acids is 1. The summed E-state index contributed by atoms with van der Waals surface area (Å²) in [6, 6.07) is 3.43. The van der Waals surface area contributed by atoms with Gasteiger partial charge in [0.15, 0.2) is 11.6 Å². The molecular weight excluding hydrogens is 246 g/mol. The summed E-state index contributed by atoms with van der Waals surface area (Å²) in [6.45, 7) is 1.50. The van der Waals surface area contributed by atoms with Crippen LogP contribution in [0.15, 0.2) is 22.8 Å². The molecule has 0 unspecified atom stereocenters. The maximum absolute atomic E-state index is 12.1. The van der Waals surface area contributed by atoms with E-state index in [1.54, 1.807) is 12.1 Å². The lowest BCUT2D eigenvalue weighted by molar-refractivity contribution is 0.0658. The number of hydrogen-bond donors (Lipinski definition) is 1. The van der Waals surface area contributed by atoms with Crippen molar-refractivity contribution in [1.82, 2.24) is 25.5 Å². The van der Waals surface area contributed by atoms with E-state index in [2.05, 4.69) is 20.6 Å². The van der Waals surface area contributed by atoms with Crippen LogP contribution in [-0.4, -0.2) is 44.5 Å². The number of aromatic nitrogens is 4. The smallest absolute Gasteiger partial charge is 0.289 e. The van der Waals surface area contributed by atoms with Gasteiger partial charge in [-0.2, -0.15) is 5.21 Å². The van der Waals surface area contributed by atoms with E-state index < -0.39 is 0 Å². The maximum atomic E-state index is 12.1. The van der Waals surface area contributed by atoms with Gasteiger partial charge in [-0.3, -0.25) is 4.79 Å². The number of aromatic amines is 1. The van der Waals surface area contributed by atoms with Crippen LogP contribution in [0.1, 0.15) is 29.2 Å². The molecule has 0 saturated carbocycles. The van der Waals surface area contributed by atoms with E-state index in [-0.39, 0.29) is 5.91 Å². The molecule has 0 bridgehead atoms. The SMILES string of the molecule is O=C(c1ccco1)N1CCC(Cc2nn[nH]n2)CC1. The molecule has 7 heteroatoms. The Morgan fingerprint density at radius 3 is 2.95 bits per heavy atom. The maximum Gasteiger partial charge on any atom is 0.289 e. The van der Waals surface area contributed by atoms with Gasteiger partial charge in [-0.1, -0.05) is 5.21 Å². The molecule has 1 amide bonds. The summed E-state index contributed by atoms with van der Waals surface area (Å²) >= 11 is 0. The number of tetrazole rings is 1. The second kappa shape index (κ2) is 5.21. The number of H-pyrrole nitrogens is 1. The Bertz CT molecular complexity index is 514. The zero-order valence-corrected chi connectivity index (χ0v) is 10.5. The van der Waals surface area contributed by atoms with Crippen molar-refractivity contribution in [2.45, 2.75) is 19.3 Å². The van der Waals surface area contributed by atoms with Crippen LogP contribution < -0.4 is 0 Å². The van der Waals surface area contributed by atoms with Crippen LogP contribution in [0.5, 0.6) is 0 Å². The second-order valence-corrected chi connectivity index (χ2v) is 4.75. The highest BCUT2D eigenvalue weighted by Crippen LogP contribution is 2.21. The fraction of sp³-hybridized carbons (Fsp3) is 0.500. The van der Waals surface area contributed by atoms with Crippen molar-refractivity contribution in [2.24, 2.45) is 5.92 Å². The van der Waals surface area contributed by atoms with Gasteiger partial charge in [-0.25, -0.2) is 0 Å². The van der Waals surface area contributed by atoms with Gasteiger partial charge >= 0.3 is 0 Å². The minimum atomic E-state index is -0.0250. The number of rotatable bonds is 3. The summed E-state index contributed by atoms with van der Waals surface area (Å²) in [5, 5.41) is 13.9. The highest BCUT2D eigenvalue weighted by atomic mass is 16.3. The molecule has 0 radical (unpaired) electrons. The largest absolute Gasteiger partial charge is 0.459 e. The summed E-state index contributed by atoms with van der Waals surface area (Å²) in [6.07, 6.45) is 4.26. The Morgan fingerprint density at radius 1 is 1.47 bits per heavy atom. The lowest BCUT2D eigenvalue weighted by atomic mass is 9.93. The number of hydrogen-bond acceptors (Lipinski definition) is 5. The van der Waals surface area contributed by atoms with Crippen molar-refractivity contribution in [2.75, 3.05) is 13.1 Å². The Labute approximate surface area is 110 Å². The van der Waals surface area contributed by atoms with E-state index in [1.165, 1.54) is 6.26 Å². The summed E-state index contributed by atoms with van der Waals surface area (Å²) in [7, 11) is 0. The van der Waals surface area contributed by atoms with E-state index in [0.717, 1.165) is 38.2 Å². The zero-order valence-electron chi connectivity index (χ0n) is 10.5. The molecule has 0 aromatic carbocycles. The molecule has 3 rings (SSSR count). The molecule has 3 heterocycles. The zero-order chi connectivity index (χ0) is 13.1. The Balaban J connectivity index is 1.53. The quantitative estimate of drug-likeness (QED) is 0.886. The lowest BCUT2D eigenvalue weighted by Crippen LogP contribution is -2.38. The predicted molar refractivity (Wildman–Crippen MR) is 65.2 cm³/mol. The van der Waals surface area contributed by atoms with Crippen LogP contribution >= 0.6 is 0 Å². The molecule has 1 N–H and O–H groups in total.